The molecule has 0 spiro atoms. The Morgan fingerprint density at radius 3 is 2.27 bits per heavy atom. The third-order valence-corrected chi connectivity index (χ3v) is 8.33. The van der Waals surface area contributed by atoms with Crippen LogP contribution in [0.4, 0.5) is 4.79 Å². The third-order valence-electron chi connectivity index (χ3n) is 8.33. The lowest BCUT2D eigenvalue weighted by Gasteiger charge is -2.34. The number of rotatable bonds is 8. The van der Waals surface area contributed by atoms with Crippen molar-refractivity contribution in [2.24, 2.45) is 11.7 Å². The van der Waals surface area contributed by atoms with Crippen molar-refractivity contribution < 1.29 is 23.9 Å². The van der Waals surface area contributed by atoms with Gasteiger partial charge in [-0.1, -0.05) is 48.5 Å². The van der Waals surface area contributed by atoms with Crippen molar-refractivity contribution in [1.82, 2.24) is 20.4 Å². The number of amides is 4. The Labute approximate surface area is 234 Å². The first-order valence-corrected chi connectivity index (χ1v) is 14.0. The molecule has 5 rings (SSSR count). The number of hydrogen-bond acceptors (Lipinski definition) is 6. The number of nitrogens with zero attached hydrogens (tertiary/aromatic N) is 2. The molecule has 2 heterocycles. The van der Waals surface area contributed by atoms with Gasteiger partial charge in [0.05, 0.1) is 0 Å². The summed E-state index contributed by atoms with van der Waals surface area (Å²) in [6.07, 6.45) is 2.03. The minimum atomic E-state index is -0.787. The molecule has 0 radical (unpaired) electrons. The summed E-state index contributed by atoms with van der Waals surface area (Å²) in [6.45, 7) is 1.80. The van der Waals surface area contributed by atoms with E-state index in [0.29, 0.717) is 32.2 Å². The first-order valence-electron chi connectivity index (χ1n) is 14.0. The molecule has 0 saturated carbocycles. The van der Waals surface area contributed by atoms with Gasteiger partial charge in [0, 0.05) is 19.5 Å². The van der Waals surface area contributed by atoms with Crippen LogP contribution in [0.25, 0.3) is 11.1 Å². The number of carbonyl (C=O) groups excluding carboxylic acids is 4. The molecule has 2 saturated heterocycles. The van der Waals surface area contributed by atoms with Gasteiger partial charge in [-0.3, -0.25) is 14.4 Å². The van der Waals surface area contributed by atoms with E-state index in [1.165, 1.54) is 16.8 Å². The Morgan fingerprint density at radius 1 is 1.02 bits per heavy atom. The Bertz CT molecular complexity index is 1230. The van der Waals surface area contributed by atoms with E-state index in [2.05, 4.69) is 22.8 Å². The molecule has 2 fully saturated rings. The van der Waals surface area contributed by atoms with E-state index in [1.54, 1.807) is 0 Å². The summed E-state index contributed by atoms with van der Waals surface area (Å²) in [5.41, 5.74) is 10.0. The van der Waals surface area contributed by atoms with Crippen molar-refractivity contribution in [3.8, 4) is 11.1 Å². The van der Waals surface area contributed by atoms with Crippen molar-refractivity contribution >= 4 is 23.8 Å². The number of benzene rings is 2. The zero-order chi connectivity index (χ0) is 28.2. The molecular weight excluding hydrogens is 510 g/mol. The normalized spacial score (nSPS) is 19.4. The van der Waals surface area contributed by atoms with Crippen molar-refractivity contribution in [2.75, 3.05) is 39.8 Å². The number of carbonyl (C=O) groups is 4. The van der Waals surface area contributed by atoms with Gasteiger partial charge in [0.1, 0.15) is 25.2 Å². The van der Waals surface area contributed by atoms with Crippen LogP contribution in [0.5, 0.6) is 0 Å². The molecule has 0 aromatic heterocycles. The zero-order valence-corrected chi connectivity index (χ0v) is 22.8. The fourth-order valence-corrected chi connectivity index (χ4v) is 6.27. The van der Waals surface area contributed by atoms with E-state index < -0.39 is 30.0 Å². The number of likely N-dealkylation sites (tertiary alicyclic amines) is 1. The van der Waals surface area contributed by atoms with Crippen LogP contribution in [-0.4, -0.2) is 85.5 Å². The second-order valence-corrected chi connectivity index (χ2v) is 10.9. The minimum Gasteiger partial charge on any atom is -0.448 e. The van der Waals surface area contributed by atoms with Gasteiger partial charge < -0.3 is 30.9 Å². The summed E-state index contributed by atoms with van der Waals surface area (Å²) in [5, 5.41) is 6.15. The van der Waals surface area contributed by atoms with E-state index in [-0.39, 0.29) is 30.9 Å². The number of nitrogens with two attached hydrogens (primary N) is 1. The van der Waals surface area contributed by atoms with Crippen molar-refractivity contribution in [3.05, 3.63) is 59.7 Å². The monoisotopic (exact) mass is 547 g/mol. The van der Waals surface area contributed by atoms with Gasteiger partial charge >= 0.3 is 6.09 Å². The quantitative estimate of drug-likeness (QED) is 0.462. The van der Waals surface area contributed by atoms with Crippen molar-refractivity contribution in [2.45, 2.75) is 43.7 Å². The highest BCUT2D eigenvalue weighted by atomic mass is 16.6. The summed E-state index contributed by atoms with van der Waals surface area (Å²) >= 11 is 0. The van der Waals surface area contributed by atoms with E-state index in [1.807, 2.05) is 36.4 Å². The van der Waals surface area contributed by atoms with Crippen LogP contribution in [0.1, 0.15) is 42.7 Å². The van der Waals surface area contributed by atoms with Gasteiger partial charge in [-0.25, -0.2) is 4.79 Å². The fraction of sp³-hybridized carbons (Fsp3) is 0.467. The molecule has 3 aliphatic rings. The van der Waals surface area contributed by atoms with Gasteiger partial charge in [-0.2, -0.15) is 0 Å². The molecular formula is C30H37N5O5. The molecule has 2 aromatic rings. The molecule has 0 bridgehead atoms. The Hall–Kier alpha value is -3.92. The van der Waals surface area contributed by atoms with Crippen molar-refractivity contribution in [1.29, 1.82) is 0 Å². The summed E-state index contributed by atoms with van der Waals surface area (Å²) in [6, 6.07) is 14.7. The number of primary amides is 1. The molecule has 2 aromatic carbocycles. The molecule has 4 N–H and O–H groups in total. The van der Waals surface area contributed by atoms with E-state index in [4.69, 9.17) is 10.5 Å². The lowest BCUT2D eigenvalue weighted by molar-refractivity contribution is -0.142. The topological polar surface area (TPSA) is 134 Å². The van der Waals surface area contributed by atoms with Crippen LogP contribution < -0.4 is 16.4 Å². The maximum atomic E-state index is 13.5. The molecule has 2 aliphatic heterocycles. The van der Waals surface area contributed by atoms with Gasteiger partial charge in [-0.15, -0.1) is 0 Å². The summed E-state index contributed by atoms with van der Waals surface area (Å²) in [4.78, 5) is 54.2. The number of ether oxygens (including phenoxy) is 1. The van der Waals surface area contributed by atoms with Crippen molar-refractivity contribution in [3.63, 3.8) is 0 Å². The predicted octanol–water partition coefficient (Wildman–Crippen LogP) is 1.83. The Kier molecular flexibility index (Phi) is 8.35. The molecule has 10 nitrogen and oxygen atoms in total. The lowest BCUT2D eigenvalue weighted by Crippen LogP contribution is -2.57. The molecule has 2 unspecified atom stereocenters. The number of piperidine rings is 1. The highest BCUT2D eigenvalue weighted by molar-refractivity contribution is 5.93. The first-order chi connectivity index (χ1) is 19.3. The standard InChI is InChI=1S/C30H37N5O5/c1-34(30(39)40-18-24-22-9-4-2-7-20(22)21-8-3-5-10-23(21)24)17-26(36)33-27(19-12-14-32-15-13-19)29(38)35-16-6-11-25(35)28(31)37/h2-5,7-10,19,24-25,27,32H,6,11-18H2,1H3,(H2,31,37)(H,33,36). The Morgan fingerprint density at radius 2 is 1.65 bits per heavy atom. The maximum absolute atomic E-state index is 13.5. The number of fused-ring (bicyclic) bond motifs is 3. The summed E-state index contributed by atoms with van der Waals surface area (Å²) in [5.74, 6) is -1.44. The molecule has 4 amide bonds. The predicted molar refractivity (Wildman–Crippen MR) is 149 cm³/mol. The highest BCUT2D eigenvalue weighted by Crippen LogP contribution is 2.44. The third kappa shape index (κ3) is 5.67. The molecule has 1 aliphatic carbocycles. The number of likely N-dealkylation sites (N-methyl/N-ethyl adjacent to an activating group) is 1. The summed E-state index contributed by atoms with van der Waals surface area (Å²) < 4.78 is 5.66. The van der Waals surface area contributed by atoms with Gasteiger partial charge in [-0.05, 0) is 66.9 Å². The molecule has 40 heavy (non-hydrogen) atoms. The first kappa shape index (κ1) is 27.6. The highest BCUT2D eigenvalue weighted by Gasteiger charge is 2.40. The van der Waals surface area contributed by atoms with Crippen LogP contribution in [0, 0.1) is 5.92 Å². The zero-order valence-electron chi connectivity index (χ0n) is 22.8. The van der Waals surface area contributed by atoms with Crippen LogP contribution in [0.3, 0.4) is 0 Å². The van der Waals surface area contributed by atoms with Gasteiger partial charge in [0.2, 0.25) is 17.7 Å². The minimum absolute atomic E-state index is 0.0772. The number of hydrogen-bond donors (Lipinski definition) is 3. The van der Waals surface area contributed by atoms with E-state index in [9.17, 15) is 19.2 Å². The van der Waals surface area contributed by atoms with E-state index in [0.717, 1.165) is 35.3 Å². The van der Waals surface area contributed by atoms with Crippen LogP contribution in [-0.2, 0) is 19.1 Å². The van der Waals surface area contributed by atoms with Crippen LogP contribution in [0.2, 0.25) is 0 Å². The average Bonchev–Trinajstić information content (AvgIpc) is 3.58. The summed E-state index contributed by atoms with van der Waals surface area (Å²) in [7, 11) is 1.50. The Balaban J connectivity index is 1.21. The second kappa shape index (κ2) is 12.1. The largest absolute Gasteiger partial charge is 0.448 e. The number of nitrogens with one attached hydrogen (secondary N) is 2. The average molecular weight is 548 g/mol. The molecule has 10 heteroatoms. The molecule has 212 valence electrons. The second-order valence-electron chi connectivity index (χ2n) is 10.9. The molecule has 2 atom stereocenters. The van der Waals surface area contributed by atoms with Gasteiger partial charge in [0.25, 0.3) is 0 Å². The maximum Gasteiger partial charge on any atom is 0.409 e. The fourth-order valence-electron chi connectivity index (χ4n) is 6.27. The van der Waals surface area contributed by atoms with Gasteiger partial charge in [0.15, 0.2) is 0 Å². The lowest BCUT2D eigenvalue weighted by atomic mass is 9.89. The van der Waals surface area contributed by atoms with Crippen LogP contribution in [0.15, 0.2) is 48.5 Å². The van der Waals surface area contributed by atoms with Crippen LogP contribution >= 0.6 is 0 Å². The smallest absolute Gasteiger partial charge is 0.409 e. The SMILES string of the molecule is CN(CC(=O)NC(C(=O)N1CCCC1C(N)=O)C1CCNCC1)C(=O)OCC1c2ccccc2-c2ccccc21. The van der Waals surface area contributed by atoms with E-state index >= 15 is 0 Å².